The molecule has 0 bridgehead atoms. The summed E-state index contributed by atoms with van der Waals surface area (Å²) in [6.07, 6.45) is 3.26. The first-order valence-electron chi connectivity index (χ1n) is 12.1. The van der Waals surface area contributed by atoms with E-state index in [9.17, 15) is 13.2 Å². The zero-order valence-corrected chi connectivity index (χ0v) is 21.7. The number of imidazole rings is 1. The molecule has 4 rings (SSSR count). The van der Waals surface area contributed by atoms with Crippen LogP contribution in [0.5, 0.6) is 0 Å². The normalized spacial score (nSPS) is 20.7. The third kappa shape index (κ3) is 5.08. The van der Waals surface area contributed by atoms with E-state index in [1.54, 1.807) is 7.05 Å². The summed E-state index contributed by atoms with van der Waals surface area (Å²) in [5.41, 5.74) is 3.23. The molecule has 2 saturated heterocycles. The molecular weight excluding hydrogens is 454 g/mol. The topological polar surface area (TPSA) is 108 Å². The number of aromatic nitrogens is 2. The summed E-state index contributed by atoms with van der Waals surface area (Å²) in [6, 6.07) is 3.65. The van der Waals surface area contributed by atoms with Gasteiger partial charge in [-0.2, -0.15) is 12.7 Å². The summed E-state index contributed by atoms with van der Waals surface area (Å²) in [5.74, 6) is 1.16. The van der Waals surface area contributed by atoms with Gasteiger partial charge in [0.2, 0.25) is 5.91 Å². The highest BCUT2D eigenvalue weighted by Gasteiger charge is 2.36. The van der Waals surface area contributed by atoms with Gasteiger partial charge in [0.05, 0.1) is 16.7 Å². The number of benzene rings is 1. The van der Waals surface area contributed by atoms with Crippen molar-refractivity contribution in [3.8, 4) is 0 Å². The van der Waals surface area contributed by atoms with Crippen molar-refractivity contribution in [3.63, 3.8) is 0 Å². The lowest BCUT2D eigenvalue weighted by molar-refractivity contribution is -0.119. The van der Waals surface area contributed by atoms with Gasteiger partial charge in [-0.1, -0.05) is 20.8 Å². The van der Waals surface area contributed by atoms with Crippen LogP contribution in [0.3, 0.4) is 0 Å². The minimum absolute atomic E-state index is 0.144. The van der Waals surface area contributed by atoms with E-state index in [4.69, 9.17) is 9.72 Å². The summed E-state index contributed by atoms with van der Waals surface area (Å²) in [7, 11) is -2.14. The van der Waals surface area contributed by atoms with E-state index in [0.29, 0.717) is 24.6 Å². The molecule has 2 aliphatic heterocycles. The summed E-state index contributed by atoms with van der Waals surface area (Å²) >= 11 is 0. The second-order valence-corrected chi connectivity index (χ2v) is 12.5. The van der Waals surface area contributed by atoms with E-state index in [-0.39, 0.29) is 23.9 Å². The number of aromatic amines is 1. The van der Waals surface area contributed by atoms with Crippen molar-refractivity contribution >= 4 is 32.8 Å². The number of hydrogen-bond acceptors (Lipinski definition) is 5. The predicted octanol–water partition coefficient (Wildman–Crippen LogP) is 2.72. The predicted molar refractivity (Wildman–Crippen MR) is 133 cm³/mol. The molecule has 1 unspecified atom stereocenters. The molecule has 2 N–H and O–H groups in total. The van der Waals surface area contributed by atoms with Crippen LogP contribution >= 0.6 is 0 Å². The highest BCUT2D eigenvalue weighted by atomic mass is 32.2. The Balaban J connectivity index is 1.71. The number of hydrogen-bond donors (Lipinski definition) is 2. The van der Waals surface area contributed by atoms with Gasteiger partial charge >= 0.3 is 10.2 Å². The van der Waals surface area contributed by atoms with Gasteiger partial charge in [-0.25, -0.2) is 4.98 Å². The number of amides is 1. The second-order valence-electron chi connectivity index (χ2n) is 10.6. The molecule has 9 nitrogen and oxygen atoms in total. The summed E-state index contributed by atoms with van der Waals surface area (Å²) in [6.45, 7) is 9.91. The third-order valence-corrected chi connectivity index (χ3v) is 8.72. The van der Waals surface area contributed by atoms with E-state index < -0.39 is 10.2 Å². The van der Waals surface area contributed by atoms with Gasteiger partial charge in [0.15, 0.2) is 0 Å². The van der Waals surface area contributed by atoms with Gasteiger partial charge in [-0.05, 0) is 43.7 Å². The maximum absolute atomic E-state index is 13.6. The Labute approximate surface area is 202 Å². The number of nitrogens with zero attached hydrogens (tertiary/aromatic N) is 3. The van der Waals surface area contributed by atoms with Crippen LogP contribution in [0.25, 0.3) is 11.0 Å². The van der Waals surface area contributed by atoms with Crippen molar-refractivity contribution < 1.29 is 17.9 Å². The van der Waals surface area contributed by atoms with Crippen LogP contribution in [0.15, 0.2) is 12.1 Å². The fourth-order valence-corrected chi connectivity index (χ4v) is 6.32. The Bertz CT molecular complexity index is 1150. The lowest BCUT2D eigenvalue weighted by atomic mass is 9.91. The summed E-state index contributed by atoms with van der Waals surface area (Å²) in [5, 5.41) is 2.84. The third-order valence-electron chi connectivity index (χ3n) is 6.85. The zero-order valence-electron chi connectivity index (χ0n) is 20.8. The SMILES string of the molecule is CC(=O)NC1CCN(S(=O)(=O)N(C)c2ccc3[nH]c(C(C)(C)C)nc3c2CC2CCOCC2)C1. The molecular formula is C24H37N5O4S. The number of anilines is 1. The minimum atomic E-state index is -3.76. The number of fused-ring (bicyclic) bond motifs is 1. The Morgan fingerprint density at radius 3 is 2.62 bits per heavy atom. The molecule has 188 valence electrons. The fourth-order valence-electron chi connectivity index (χ4n) is 4.85. The molecule has 34 heavy (non-hydrogen) atoms. The molecule has 0 spiro atoms. The largest absolute Gasteiger partial charge is 0.381 e. The van der Waals surface area contributed by atoms with Gasteiger partial charge in [0, 0.05) is 57.3 Å². The highest BCUT2D eigenvalue weighted by molar-refractivity contribution is 7.90. The molecule has 1 aromatic heterocycles. The molecule has 1 aromatic carbocycles. The van der Waals surface area contributed by atoms with E-state index in [1.165, 1.54) is 15.5 Å². The standard InChI is InChI=1S/C24H37N5O4S/c1-16(30)25-18-8-11-29(15-18)34(31,32)28(5)21-7-6-20-22(27-23(26-20)24(2,3)4)19(21)14-17-9-12-33-13-10-17/h6-7,17-18H,8-15H2,1-5H3,(H,25,30)(H,26,27). The Morgan fingerprint density at radius 1 is 1.26 bits per heavy atom. The van der Waals surface area contributed by atoms with Crippen molar-refractivity contribution in [1.29, 1.82) is 0 Å². The Hall–Kier alpha value is -2.17. The highest BCUT2D eigenvalue weighted by Crippen LogP contribution is 2.35. The van der Waals surface area contributed by atoms with Crippen LogP contribution < -0.4 is 9.62 Å². The Morgan fingerprint density at radius 2 is 1.97 bits per heavy atom. The van der Waals surface area contributed by atoms with E-state index in [0.717, 1.165) is 54.9 Å². The van der Waals surface area contributed by atoms with Crippen molar-refractivity contribution in [2.45, 2.75) is 64.8 Å². The molecule has 0 saturated carbocycles. The van der Waals surface area contributed by atoms with Gasteiger partial charge in [-0.3, -0.25) is 9.10 Å². The number of H-pyrrole nitrogens is 1. The van der Waals surface area contributed by atoms with Gasteiger partial charge in [0.1, 0.15) is 5.82 Å². The van der Waals surface area contributed by atoms with Crippen LogP contribution in [-0.2, 0) is 31.6 Å². The van der Waals surface area contributed by atoms with Crippen LogP contribution in [0.4, 0.5) is 5.69 Å². The first-order valence-corrected chi connectivity index (χ1v) is 13.5. The quantitative estimate of drug-likeness (QED) is 0.646. The maximum atomic E-state index is 13.6. The average molecular weight is 492 g/mol. The van der Waals surface area contributed by atoms with E-state index in [1.807, 2.05) is 12.1 Å². The van der Waals surface area contributed by atoms with Crippen LogP contribution in [0, 0.1) is 5.92 Å². The number of rotatable bonds is 6. The molecule has 1 atom stereocenters. The lowest BCUT2D eigenvalue weighted by Gasteiger charge is -2.29. The fraction of sp³-hybridized carbons (Fsp3) is 0.667. The van der Waals surface area contributed by atoms with Gasteiger partial charge in [-0.15, -0.1) is 0 Å². The molecule has 2 fully saturated rings. The first kappa shape index (κ1) is 24.9. The zero-order chi connectivity index (χ0) is 24.7. The van der Waals surface area contributed by atoms with Crippen LogP contribution in [0.2, 0.25) is 0 Å². The monoisotopic (exact) mass is 491 g/mol. The second kappa shape index (κ2) is 9.47. The molecule has 3 heterocycles. The lowest BCUT2D eigenvalue weighted by Crippen LogP contribution is -2.43. The number of carbonyl (C=O) groups excluding carboxylic acids is 1. The smallest absolute Gasteiger partial charge is 0.303 e. The van der Waals surface area contributed by atoms with Crippen molar-refractivity contribution in [3.05, 3.63) is 23.5 Å². The number of carbonyl (C=O) groups is 1. The van der Waals surface area contributed by atoms with E-state index in [2.05, 4.69) is 31.1 Å². The van der Waals surface area contributed by atoms with Crippen molar-refractivity contribution in [1.82, 2.24) is 19.6 Å². The molecule has 0 aliphatic carbocycles. The van der Waals surface area contributed by atoms with Crippen LogP contribution in [-0.4, -0.2) is 68.0 Å². The summed E-state index contributed by atoms with van der Waals surface area (Å²) < 4.78 is 35.6. The first-order chi connectivity index (χ1) is 16.0. The maximum Gasteiger partial charge on any atom is 0.303 e. The molecule has 2 aliphatic rings. The average Bonchev–Trinajstić information content (AvgIpc) is 3.41. The van der Waals surface area contributed by atoms with Gasteiger partial charge in [0.25, 0.3) is 0 Å². The molecule has 1 amide bonds. The Kier molecular flexibility index (Phi) is 6.94. The molecule has 0 radical (unpaired) electrons. The number of ether oxygens (including phenoxy) is 1. The van der Waals surface area contributed by atoms with Crippen molar-refractivity contribution in [2.75, 3.05) is 37.7 Å². The molecule has 10 heteroatoms. The molecule has 2 aromatic rings. The minimum Gasteiger partial charge on any atom is -0.381 e. The van der Waals surface area contributed by atoms with E-state index >= 15 is 0 Å². The van der Waals surface area contributed by atoms with Crippen LogP contribution in [0.1, 0.15) is 58.3 Å². The summed E-state index contributed by atoms with van der Waals surface area (Å²) in [4.78, 5) is 19.8. The van der Waals surface area contributed by atoms with Gasteiger partial charge < -0.3 is 15.0 Å². The number of nitrogens with one attached hydrogen (secondary N) is 2. The van der Waals surface area contributed by atoms with Crippen molar-refractivity contribution in [2.24, 2.45) is 5.92 Å².